The van der Waals surface area contributed by atoms with Gasteiger partial charge in [-0.05, 0) is 19.8 Å². The maximum absolute atomic E-state index is 12.1. The lowest BCUT2D eigenvalue weighted by molar-refractivity contribution is 0.0937. The highest BCUT2D eigenvalue weighted by Crippen LogP contribution is 2.13. The molecule has 0 saturated heterocycles. The summed E-state index contributed by atoms with van der Waals surface area (Å²) in [4.78, 5) is 20.7. The van der Waals surface area contributed by atoms with Gasteiger partial charge >= 0.3 is 0 Å². The predicted octanol–water partition coefficient (Wildman–Crippen LogP) is 1.27. The molecule has 0 saturated carbocycles. The Morgan fingerprint density at radius 2 is 2.32 bits per heavy atom. The van der Waals surface area contributed by atoms with Gasteiger partial charge in [-0.25, -0.2) is 9.67 Å². The van der Waals surface area contributed by atoms with Gasteiger partial charge in [-0.15, -0.1) is 5.10 Å². The third kappa shape index (κ3) is 2.95. The molecule has 3 heterocycles. The van der Waals surface area contributed by atoms with Gasteiger partial charge in [0.2, 0.25) is 11.8 Å². The van der Waals surface area contributed by atoms with E-state index in [2.05, 4.69) is 32.6 Å². The first-order valence-corrected chi connectivity index (χ1v) is 7.59. The zero-order valence-electron chi connectivity index (χ0n) is 12.8. The molecule has 0 atom stereocenters. The van der Waals surface area contributed by atoms with Gasteiger partial charge in [-0.3, -0.25) is 4.79 Å². The lowest BCUT2D eigenvalue weighted by Crippen LogP contribution is -2.24. The Bertz CT molecular complexity index is 651. The monoisotopic (exact) mass is 304 g/mol. The first-order chi connectivity index (χ1) is 10.7. The minimum absolute atomic E-state index is 0.176. The molecule has 8 heteroatoms. The van der Waals surface area contributed by atoms with Crippen LogP contribution in [0.1, 0.15) is 47.7 Å². The van der Waals surface area contributed by atoms with E-state index >= 15 is 0 Å². The van der Waals surface area contributed by atoms with Crippen molar-refractivity contribution in [1.82, 2.24) is 25.1 Å². The van der Waals surface area contributed by atoms with Crippen LogP contribution in [0.15, 0.2) is 4.42 Å². The molecule has 0 aliphatic carbocycles. The molecule has 1 aliphatic heterocycles. The molecule has 0 spiro atoms. The Kier molecular flexibility index (Phi) is 4.08. The van der Waals surface area contributed by atoms with Crippen LogP contribution in [0.3, 0.4) is 0 Å². The first-order valence-electron chi connectivity index (χ1n) is 7.59. The second-order valence-corrected chi connectivity index (χ2v) is 5.31. The molecule has 0 unspecified atom stereocenters. The number of nitrogens with zero attached hydrogens (tertiary/aromatic N) is 4. The molecular formula is C14H20N6O2. The summed E-state index contributed by atoms with van der Waals surface area (Å²) in [5.74, 6) is 1.91. The Morgan fingerprint density at radius 1 is 1.45 bits per heavy atom. The Hall–Kier alpha value is -2.38. The summed E-state index contributed by atoms with van der Waals surface area (Å²) < 4.78 is 7.36. The maximum Gasteiger partial charge on any atom is 0.291 e. The molecule has 0 fully saturated rings. The van der Waals surface area contributed by atoms with Crippen molar-refractivity contribution >= 4 is 11.9 Å². The SMILES string of the molecule is CCCc1nc(C)c(CNC(=O)c2nc3n(n2)CCCN3)o1. The van der Waals surface area contributed by atoms with Crippen LogP contribution in [0.5, 0.6) is 0 Å². The molecule has 0 radical (unpaired) electrons. The van der Waals surface area contributed by atoms with Crippen molar-refractivity contribution in [1.29, 1.82) is 0 Å². The molecule has 2 N–H and O–H groups in total. The van der Waals surface area contributed by atoms with Gasteiger partial charge in [-0.1, -0.05) is 6.92 Å². The van der Waals surface area contributed by atoms with Crippen molar-refractivity contribution in [3.05, 3.63) is 23.2 Å². The largest absolute Gasteiger partial charge is 0.444 e. The van der Waals surface area contributed by atoms with E-state index in [1.807, 2.05) is 6.92 Å². The first kappa shape index (κ1) is 14.6. The van der Waals surface area contributed by atoms with E-state index in [0.29, 0.717) is 24.1 Å². The van der Waals surface area contributed by atoms with E-state index in [1.165, 1.54) is 0 Å². The quantitative estimate of drug-likeness (QED) is 0.863. The second kappa shape index (κ2) is 6.17. The van der Waals surface area contributed by atoms with E-state index < -0.39 is 0 Å². The van der Waals surface area contributed by atoms with Crippen LogP contribution < -0.4 is 10.6 Å². The third-order valence-electron chi connectivity index (χ3n) is 3.51. The summed E-state index contributed by atoms with van der Waals surface area (Å²) in [6, 6.07) is 0. The second-order valence-electron chi connectivity index (χ2n) is 5.31. The number of amides is 1. The van der Waals surface area contributed by atoms with Crippen LogP contribution in [-0.2, 0) is 19.5 Å². The highest BCUT2D eigenvalue weighted by molar-refractivity contribution is 5.90. The highest BCUT2D eigenvalue weighted by Gasteiger charge is 2.19. The maximum atomic E-state index is 12.1. The average Bonchev–Trinajstić information content (AvgIpc) is 3.08. The summed E-state index contributed by atoms with van der Waals surface area (Å²) in [6.07, 6.45) is 2.76. The molecular weight excluding hydrogens is 284 g/mol. The number of rotatable bonds is 5. The van der Waals surface area contributed by atoms with E-state index in [9.17, 15) is 4.79 Å². The zero-order chi connectivity index (χ0) is 15.5. The minimum Gasteiger partial charge on any atom is -0.444 e. The number of carbonyl (C=O) groups excluding carboxylic acids is 1. The van der Waals surface area contributed by atoms with Gasteiger partial charge in [0, 0.05) is 19.5 Å². The Labute approximate surface area is 128 Å². The number of nitrogens with one attached hydrogen (secondary N) is 2. The number of fused-ring (bicyclic) bond motifs is 1. The van der Waals surface area contributed by atoms with Gasteiger partial charge in [0.05, 0.1) is 12.2 Å². The number of hydrogen-bond acceptors (Lipinski definition) is 6. The standard InChI is InChI=1S/C14H20N6O2/c1-3-5-11-17-9(2)10(22-11)8-16-13(21)12-18-14-15-6-4-7-20(14)19-12/h3-8H2,1-2H3,(H,16,21)(H,15,18,19). The van der Waals surface area contributed by atoms with Crippen molar-refractivity contribution in [2.45, 2.75) is 46.2 Å². The molecule has 0 aromatic carbocycles. The van der Waals surface area contributed by atoms with E-state index in [0.717, 1.165) is 38.0 Å². The van der Waals surface area contributed by atoms with E-state index in [-0.39, 0.29) is 11.7 Å². The molecule has 22 heavy (non-hydrogen) atoms. The normalized spacial score (nSPS) is 13.5. The number of oxazole rings is 1. The van der Waals surface area contributed by atoms with E-state index in [4.69, 9.17) is 4.42 Å². The molecule has 118 valence electrons. The fourth-order valence-electron chi connectivity index (χ4n) is 2.37. The molecule has 2 aromatic rings. The lowest BCUT2D eigenvalue weighted by atomic mass is 10.3. The van der Waals surface area contributed by atoms with Crippen LogP contribution in [0.25, 0.3) is 0 Å². The molecule has 1 amide bonds. The highest BCUT2D eigenvalue weighted by atomic mass is 16.4. The smallest absolute Gasteiger partial charge is 0.291 e. The molecule has 8 nitrogen and oxygen atoms in total. The Balaban J connectivity index is 1.63. The molecule has 1 aliphatic rings. The molecule has 2 aromatic heterocycles. The zero-order valence-corrected chi connectivity index (χ0v) is 12.8. The van der Waals surface area contributed by atoms with Gasteiger partial charge in [-0.2, -0.15) is 4.98 Å². The number of aromatic nitrogens is 4. The van der Waals surface area contributed by atoms with Crippen LogP contribution in [0, 0.1) is 6.92 Å². The summed E-state index contributed by atoms with van der Waals surface area (Å²) in [6.45, 7) is 5.88. The number of hydrogen-bond donors (Lipinski definition) is 2. The summed E-state index contributed by atoms with van der Waals surface area (Å²) >= 11 is 0. The predicted molar refractivity (Wildman–Crippen MR) is 79.5 cm³/mol. The summed E-state index contributed by atoms with van der Waals surface area (Å²) in [5.41, 5.74) is 0.808. The number of carbonyl (C=O) groups is 1. The van der Waals surface area contributed by atoms with Crippen LogP contribution in [0.2, 0.25) is 0 Å². The van der Waals surface area contributed by atoms with Gasteiger partial charge in [0.25, 0.3) is 5.91 Å². The topological polar surface area (TPSA) is 97.9 Å². The van der Waals surface area contributed by atoms with Gasteiger partial charge < -0.3 is 15.1 Å². The van der Waals surface area contributed by atoms with Crippen molar-refractivity contribution < 1.29 is 9.21 Å². The van der Waals surface area contributed by atoms with Gasteiger partial charge in [0.1, 0.15) is 5.76 Å². The van der Waals surface area contributed by atoms with Crippen molar-refractivity contribution in [3.63, 3.8) is 0 Å². The molecule has 0 bridgehead atoms. The van der Waals surface area contributed by atoms with Crippen LogP contribution >= 0.6 is 0 Å². The minimum atomic E-state index is -0.309. The van der Waals surface area contributed by atoms with Crippen LogP contribution in [-0.4, -0.2) is 32.2 Å². The van der Waals surface area contributed by atoms with Crippen molar-refractivity contribution in [3.8, 4) is 0 Å². The number of aryl methyl sites for hydroxylation is 3. The van der Waals surface area contributed by atoms with Crippen molar-refractivity contribution in [2.24, 2.45) is 0 Å². The molecule has 3 rings (SSSR count). The summed E-state index contributed by atoms with van der Waals surface area (Å²) in [5, 5.41) is 10.1. The fraction of sp³-hybridized carbons (Fsp3) is 0.571. The summed E-state index contributed by atoms with van der Waals surface area (Å²) in [7, 11) is 0. The third-order valence-corrected chi connectivity index (χ3v) is 3.51. The van der Waals surface area contributed by atoms with Crippen molar-refractivity contribution in [2.75, 3.05) is 11.9 Å². The lowest BCUT2D eigenvalue weighted by Gasteiger charge is -2.12. The fourth-order valence-corrected chi connectivity index (χ4v) is 2.37. The Morgan fingerprint density at radius 3 is 3.09 bits per heavy atom. The van der Waals surface area contributed by atoms with E-state index in [1.54, 1.807) is 4.68 Å². The number of anilines is 1. The van der Waals surface area contributed by atoms with Crippen LogP contribution in [0.4, 0.5) is 5.95 Å². The average molecular weight is 304 g/mol. The van der Waals surface area contributed by atoms with Gasteiger partial charge in [0.15, 0.2) is 5.89 Å².